The molecule has 144 valence electrons. The molecule has 0 radical (unpaired) electrons. The Kier molecular flexibility index (Phi) is 5.13. The zero-order valence-corrected chi connectivity index (χ0v) is 17.4. The summed E-state index contributed by atoms with van der Waals surface area (Å²) >= 11 is 0. The number of hydrogen-bond acceptors (Lipinski definition) is 2. The van der Waals surface area contributed by atoms with Crippen LogP contribution in [0.4, 0.5) is 0 Å². The van der Waals surface area contributed by atoms with Gasteiger partial charge in [0.15, 0.2) is 0 Å². The van der Waals surface area contributed by atoms with Gasteiger partial charge in [0.2, 0.25) is 5.91 Å². The molecule has 3 rings (SSSR count). The van der Waals surface area contributed by atoms with Gasteiger partial charge >= 0.3 is 0 Å². The molecule has 2 heterocycles. The number of rotatable bonds is 5. The molecule has 0 saturated carbocycles. The van der Waals surface area contributed by atoms with Crippen LogP contribution in [0.15, 0.2) is 12.1 Å². The zero-order valence-electron chi connectivity index (χ0n) is 17.4. The fraction of sp³-hybridized carbons (Fsp3) is 0.455. The number of nitrogens with zero attached hydrogens (tertiary/aromatic N) is 2. The van der Waals surface area contributed by atoms with E-state index in [9.17, 15) is 4.79 Å². The molecule has 1 aromatic carbocycles. The Bertz CT molecular complexity index is 1010. The van der Waals surface area contributed by atoms with Crippen LogP contribution in [-0.4, -0.2) is 26.7 Å². The highest BCUT2D eigenvalue weighted by Crippen LogP contribution is 2.28. The van der Waals surface area contributed by atoms with E-state index in [2.05, 4.69) is 55.2 Å². The summed E-state index contributed by atoms with van der Waals surface area (Å²) in [7, 11) is 1.96. The van der Waals surface area contributed by atoms with Crippen LogP contribution in [0.3, 0.4) is 0 Å². The number of fused-ring (bicyclic) bond motifs is 1. The minimum Gasteiger partial charge on any atom is -0.358 e. The minimum atomic E-state index is 0.0617. The molecule has 2 N–H and O–H groups in total. The average Bonchev–Trinajstić information content (AvgIpc) is 3.03. The smallest absolute Gasteiger partial charge is 0.224 e. The maximum Gasteiger partial charge on any atom is 0.224 e. The van der Waals surface area contributed by atoms with E-state index in [0.29, 0.717) is 6.42 Å². The molecule has 2 aromatic heterocycles. The lowest BCUT2D eigenvalue weighted by Gasteiger charge is -2.15. The summed E-state index contributed by atoms with van der Waals surface area (Å²) < 4.78 is 1.90. The second-order valence-corrected chi connectivity index (χ2v) is 7.80. The lowest BCUT2D eigenvalue weighted by atomic mass is 10.0. The van der Waals surface area contributed by atoms with Crippen molar-refractivity contribution < 1.29 is 4.79 Å². The zero-order chi connectivity index (χ0) is 19.9. The number of carbonyl (C=O) groups is 1. The normalized spacial score (nSPS) is 12.6. The molecule has 0 aliphatic heterocycles. The molecule has 0 aliphatic rings. The first-order valence-electron chi connectivity index (χ1n) is 9.54. The van der Waals surface area contributed by atoms with Crippen LogP contribution in [0, 0.1) is 34.6 Å². The van der Waals surface area contributed by atoms with E-state index in [4.69, 9.17) is 0 Å². The monoisotopic (exact) mass is 366 g/mol. The van der Waals surface area contributed by atoms with Crippen LogP contribution in [-0.2, 0) is 24.7 Å². The van der Waals surface area contributed by atoms with Gasteiger partial charge in [-0.05, 0) is 70.2 Å². The Morgan fingerprint density at radius 2 is 1.81 bits per heavy atom. The second kappa shape index (κ2) is 7.22. The van der Waals surface area contributed by atoms with Gasteiger partial charge in [0.25, 0.3) is 0 Å². The van der Waals surface area contributed by atoms with Crippen LogP contribution < -0.4 is 5.32 Å². The molecule has 1 amide bonds. The van der Waals surface area contributed by atoms with Crippen LogP contribution >= 0.6 is 0 Å². The number of carbonyl (C=O) groups excluding carboxylic acids is 1. The highest BCUT2D eigenvalue weighted by molar-refractivity contribution is 5.93. The number of H-pyrrole nitrogens is 1. The Balaban J connectivity index is 1.75. The van der Waals surface area contributed by atoms with Crippen molar-refractivity contribution in [1.29, 1.82) is 0 Å². The van der Waals surface area contributed by atoms with Gasteiger partial charge in [0.1, 0.15) is 0 Å². The van der Waals surface area contributed by atoms with Crippen molar-refractivity contribution >= 4 is 16.8 Å². The molecule has 0 bridgehead atoms. The molecular weight excluding hydrogens is 336 g/mol. The number of nitrogens with one attached hydrogen (secondary N) is 2. The van der Waals surface area contributed by atoms with Crippen molar-refractivity contribution in [3.8, 4) is 0 Å². The van der Waals surface area contributed by atoms with Gasteiger partial charge in [0, 0.05) is 35.4 Å². The molecular formula is C22H30N4O. The standard InChI is InChI=1S/C22H30N4O/c1-12-8-9-13(2)22-21(12)19(15(4)24-22)11-20(27)23-14(3)10-18-16(5)25-26(7)17(18)6/h8-9,14,24H,10-11H2,1-7H3,(H,23,27)/t14-/m0/s1. The summed E-state index contributed by atoms with van der Waals surface area (Å²) in [5.74, 6) is 0.0617. The predicted octanol–water partition coefficient (Wildman–Crippen LogP) is 3.73. The first-order valence-corrected chi connectivity index (χ1v) is 9.54. The van der Waals surface area contributed by atoms with Gasteiger partial charge < -0.3 is 10.3 Å². The average molecular weight is 367 g/mol. The molecule has 27 heavy (non-hydrogen) atoms. The van der Waals surface area contributed by atoms with Crippen molar-refractivity contribution in [3.63, 3.8) is 0 Å². The SMILES string of the molecule is Cc1nn(C)c(C)c1C[C@H](C)NC(=O)Cc1c(C)[nH]c2c(C)ccc(C)c12. The third-order valence-electron chi connectivity index (χ3n) is 5.60. The van der Waals surface area contributed by atoms with Gasteiger partial charge in [-0.25, -0.2) is 0 Å². The number of aryl methyl sites for hydroxylation is 5. The van der Waals surface area contributed by atoms with E-state index in [1.165, 1.54) is 22.1 Å². The fourth-order valence-electron chi connectivity index (χ4n) is 3.99. The Labute approximate surface area is 161 Å². The van der Waals surface area contributed by atoms with Gasteiger partial charge in [-0.2, -0.15) is 5.10 Å². The van der Waals surface area contributed by atoms with Crippen molar-refractivity contribution in [3.05, 3.63) is 51.5 Å². The van der Waals surface area contributed by atoms with Crippen LogP contribution in [0.2, 0.25) is 0 Å². The topological polar surface area (TPSA) is 62.7 Å². The molecule has 0 spiro atoms. The first-order chi connectivity index (χ1) is 12.7. The van der Waals surface area contributed by atoms with Crippen LogP contribution in [0.25, 0.3) is 10.9 Å². The molecule has 3 aromatic rings. The summed E-state index contributed by atoms with van der Waals surface area (Å²) in [5.41, 5.74) is 9.15. The first kappa shape index (κ1) is 19.2. The molecule has 5 nitrogen and oxygen atoms in total. The highest BCUT2D eigenvalue weighted by atomic mass is 16.1. The summed E-state index contributed by atoms with van der Waals surface area (Å²) in [6.07, 6.45) is 1.19. The molecule has 0 saturated heterocycles. The predicted molar refractivity (Wildman–Crippen MR) is 110 cm³/mol. The summed E-state index contributed by atoms with van der Waals surface area (Å²) in [4.78, 5) is 16.2. The van der Waals surface area contributed by atoms with Crippen molar-refractivity contribution in [2.45, 2.75) is 60.4 Å². The third-order valence-corrected chi connectivity index (χ3v) is 5.60. The summed E-state index contributed by atoms with van der Waals surface area (Å²) in [6, 6.07) is 4.31. The van der Waals surface area contributed by atoms with E-state index < -0.39 is 0 Å². The second-order valence-electron chi connectivity index (χ2n) is 7.80. The highest BCUT2D eigenvalue weighted by Gasteiger charge is 2.18. The number of aromatic amines is 1. The van der Waals surface area contributed by atoms with Gasteiger partial charge in [0.05, 0.1) is 12.1 Å². The molecule has 0 unspecified atom stereocenters. The van der Waals surface area contributed by atoms with E-state index in [1.54, 1.807) is 0 Å². The van der Waals surface area contributed by atoms with Gasteiger partial charge in [-0.15, -0.1) is 0 Å². The van der Waals surface area contributed by atoms with Crippen molar-refractivity contribution in [2.75, 3.05) is 0 Å². The minimum absolute atomic E-state index is 0.0617. The number of benzene rings is 1. The van der Waals surface area contributed by atoms with Crippen molar-refractivity contribution in [1.82, 2.24) is 20.1 Å². The number of amides is 1. The largest absolute Gasteiger partial charge is 0.358 e. The van der Waals surface area contributed by atoms with Crippen LogP contribution in [0.5, 0.6) is 0 Å². The van der Waals surface area contributed by atoms with E-state index in [-0.39, 0.29) is 11.9 Å². The lowest BCUT2D eigenvalue weighted by molar-refractivity contribution is -0.121. The van der Waals surface area contributed by atoms with E-state index in [0.717, 1.165) is 34.6 Å². The Morgan fingerprint density at radius 3 is 2.44 bits per heavy atom. The van der Waals surface area contributed by atoms with E-state index in [1.807, 2.05) is 25.6 Å². The molecule has 0 aliphatic carbocycles. The summed E-state index contributed by atoms with van der Waals surface area (Å²) in [6.45, 7) is 12.4. The molecule has 0 fully saturated rings. The fourth-order valence-corrected chi connectivity index (χ4v) is 3.99. The summed E-state index contributed by atoms with van der Waals surface area (Å²) in [5, 5.41) is 8.82. The number of hydrogen-bond donors (Lipinski definition) is 2. The van der Waals surface area contributed by atoms with Gasteiger partial charge in [-0.3, -0.25) is 9.48 Å². The van der Waals surface area contributed by atoms with E-state index >= 15 is 0 Å². The van der Waals surface area contributed by atoms with Crippen LogP contribution in [0.1, 0.15) is 46.3 Å². The third kappa shape index (κ3) is 3.64. The van der Waals surface area contributed by atoms with Gasteiger partial charge in [-0.1, -0.05) is 12.1 Å². The maximum atomic E-state index is 12.7. The van der Waals surface area contributed by atoms with Crippen molar-refractivity contribution in [2.24, 2.45) is 7.05 Å². The Morgan fingerprint density at radius 1 is 1.15 bits per heavy atom. The lowest BCUT2D eigenvalue weighted by Crippen LogP contribution is -2.35. The quantitative estimate of drug-likeness (QED) is 0.723. The molecule has 5 heteroatoms. The number of aromatic nitrogens is 3. The Hall–Kier alpha value is -2.56. The molecule has 1 atom stereocenters. The maximum absolute atomic E-state index is 12.7.